The molecule has 0 unspecified atom stereocenters. The Morgan fingerprint density at radius 2 is 2.14 bits per heavy atom. The van der Waals surface area contributed by atoms with Crippen LogP contribution in [0.25, 0.3) is 11.5 Å². The molecule has 21 heavy (non-hydrogen) atoms. The summed E-state index contributed by atoms with van der Waals surface area (Å²) in [6, 6.07) is 7.36. The van der Waals surface area contributed by atoms with Gasteiger partial charge < -0.3 is 9.26 Å². The quantitative estimate of drug-likeness (QED) is 0.850. The fourth-order valence-electron chi connectivity index (χ4n) is 2.47. The fraction of sp³-hybridized carbons (Fsp3) is 0.467. The van der Waals surface area contributed by atoms with E-state index in [9.17, 15) is 0 Å². The molecule has 112 valence electrons. The van der Waals surface area contributed by atoms with Crippen molar-refractivity contribution < 1.29 is 9.26 Å². The second-order valence-electron chi connectivity index (χ2n) is 5.35. The number of hydrogen-bond donors (Lipinski definition) is 0. The van der Waals surface area contributed by atoms with Gasteiger partial charge in [-0.3, -0.25) is 4.90 Å². The van der Waals surface area contributed by atoms with Gasteiger partial charge >= 0.3 is 0 Å². The molecule has 0 N–H and O–H groups in total. The van der Waals surface area contributed by atoms with Gasteiger partial charge in [0.1, 0.15) is 0 Å². The van der Waals surface area contributed by atoms with E-state index in [1.54, 1.807) is 0 Å². The number of likely N-dealkylation sites (N-methyl/N-ethyl adjacent to an activating group) is 1. The molecular weight excluding hydrogens is 290 g/mol. The third-order valence-electron chi connectivity index (χ3n) is 3.51. The van der Waals surface area contributed by atoms with Crippen LogP contribution in [0.3, 0.4) is 0 Å². The van der Waals surface area contributed by atoms with Crippen molar-refractivity contribution in [3.05, 3.63) is 35.1 Å². The summed E-state index contributed by atoms with van der Waals surface area (Å²) in [5.74, 6) is 1.20. The SMILES string of the molecule is CN(Cc1noc(-c2ccc(Cl)cc2)n1)C[C@@H]1CCCO1. The highest BCUT2D eigenvalue weighted by atomic mass is 35.5. The first-order valence-corrected chi connectivity index (χ1v) is 7.47. The number of benzene rings is 1. The van der Waals surface area contributed by atoms with Crippen LogP contribution in [0.4, 0.5) is 0 Å². The highest BCUT2D eigenvalue weighted by Crippen LogP contribution is 2.20. The van der Waals surface area contributed by atoms with E-state index in [4.69, 9.17) is 20.9 Å². The Kier molecular flexibility index (Phi) is 4.53. The summed E-state index contributed by atoms with van der Waals surface area (Å²) >= 11 is 5.87. The standard InChI is InChI=1S/C15H18ClN3O2/c1-19(9-13-3-2-8-20-13)10-14-17-15(21-18-14)11-4-6-12(16)7-5-11/h4-7,13H,2-3,8-10H2,1H3/t13-/m0/s1. The third kappa shape index (κ3) is 3.81. The summed E-state index contributed by atoms with van der Waals surface area (Å²) in [5, 5.41) is 4.72. The van der Waals surface area contributed by atoms with Gasteiger partial charge in [0.25, 0.3) is 5.89 Å². The molecule has 2 aromatic rings. The third-order valence-corrected chi connectivity index (χ3v) is 3.76. The van der Waals surface area contributed by atoms with Crippen LogP contribution in [0.5, 0.6) is 0 Å². The van der Waals surface area contributed by atoms with Crippen molar-refractivity contribution in [3.8, 4) is 11.5 Å². The maximum Gasteiger partial charge on any atom is 0.257 e. The lowest BCUT2D eigenvalue weighted by Crippen LogP contribution is -2.28. The van der Waals surface area contributed by atoms with Crippen LogP contribution in [-0.2, 0) is 11.3 Å². The highest BCUT2D eigenvalue weighted by molar-refractivity contribution is 6.30. The van der Waals surface area contributed by atoms with Gasteiger partial charge in [0.2, 0.25) is 0 Å². The minimum atomic E-state index is 0.331. The molecule has 1 fully saturated rings. The van der Waals surface area contributed by atoms with Crippen molar-refractivity contribution in [2.75, 3.05) is 20.2 Å². The molecule has 1 aliphatic heterocycles. The summed E-state index contributed by atoms with van der Waals surface area (Å²) in [6.45, 7) is 2.42. The van der Waals surface area contributed by atoms with Gasteiger partial charge in [-0.1, -0.05) is 16.8 Å². The van der Waals surface area contributed by atoms with E-state index in [2.05, 4.69) is 15.0 Å². The van der Waals surface area contributed by atoms with Crippen LogP contribution >= 0.6 is 11.6 Å². The molecule has 1 aromatic carbocycles. The first-order valence-electron chi connectivity index (χ1n) is 7.09. The van der Waals surface area contributed by atoms with Gasteiger partial charge in [0.05, 0.1) is 12.6 Å². The highest BCUT2D eigenvalue weighted by Gasteiger charge is 2.18. The topological polar surface area (TPSA) is 51.4 Å². The predicted octanol–water partition coefficient (Wildman–Crippen LogP) is 3.00. The molecule has 3 rings (SSSR count). The van der Waals surface area contributed by atoms with Crippen LogP contribution < -0.4 is 0 Å². The Bertz CT molecular complexity index is 579. The lowest BCUT2D eigenvalue weighted by Gasteiger charge is -2.18. The van der Waals surface area contributed by atoms with E-state index in [-0.39, 0.29) is 0 Å². The normalized spacial score (nSPS) is 18.5. The Hall–Kier alpha value is -1.43. The van der Waals surface area contributed by atoms with Crippen LogP contribution in [-0.4, -0.2) is 41.3 Å². The summed E-state index contributed by atoms with van der Waals surface area (Å²) in [6.07, 6.45) is 2.62. The molecule has 5 nitrogen and oxygen atoms in total. The molecule has 0 radical (unpaired) electrons. The van der Waals surface area contributed by atoms with Gasteiger partial charge in [-0.2, -0.15) is 4.98 Å². The summed E-state index contributed by atoms with van der Waals surface area (Å²) in [7, 11) is 2.04. The number of aromatic nitrogens is 2. The number of nitrogens with zero attached hydrogens (tertiary/aromatic N) is 3. The maximum absolute atomic E-state index is 5.87. The summed E-state index contributed by atoms with van der Waals surface area (Å²) in [4.78, 5) is 6.58. The first-order chi connectivity index (χ1) is 10.2. The second-order valence-corrected chi connectivity index (χ2v) is 5.79. The van der Waals surface area contributed by atoms with E-state index in [1.165, 1.54) is 0 Å². The predicted molar refractivity (Wildman–Crippen MR) is 80.1 cm³/mol. The zero-order valence-corrected chi connectivity index (χ0v) is 12.7. The van der Waals surface area contributed by atoms with Gasteiger partial charge in [-0.15, -0.1) is 0 Å². The van der Waals surface area contributed by atoms with Crippen molar-refractivity contribution >= 4 is 11.6 Å². The molecule has 1 aromatic heterocycles. The monoisotopic (exact) mass is 307 g/mol. The molecule has 1 saturated heterocycles. The van der Waals surface area contributed by atoms with Crippen molar-refractivity contribution in [1.29, 1.82) is 0 Å². The molecule has 6 heteroatoms. The zero-order chi connectivity index (χ0) is 14.7. The molecule has 0 aliphatic carbocycles. The van der Waals surface area contributed by atoms with E-state index < -0.39 is 0 Å². The van der Waals surface area contributed by atoms with E-state index in [0.29, 0.717) is 29.4 Å². The lowest BCUT2D eigenvalue weighted by molar-refractivity contribution is 0.0784. The largest absolute Gasteiger partial charge is 0.377 e. The molecule has 0 bridgehead atoms. The van der Waals surface area contributed by atoms with Crippen LogP contribution in [0.2, 0.25) is 5.02 Å². The van der Waals surface area contributed by atoms with Gasteiger partial charge in [0.15, 0.2) is 5.82 Å². The zero-order valence-electron chi connectivity index (χ0n) is 12.0. The summed E-state index contributed by atoms with van der Waals surface area (Å²) in [5.41, 5.74) is 0.875. The summed E-state index contributed by atoms with van der Waals surface area (Å²) < 4.78 is 10.9. The molecule has 0 saturated carbocycles. The lowest BCUT2D eigenvalue weighted by atomic mass is 10.2. The first kappa shape index (κ1) is 14.5. The van der Waals surface area contributed by atoms with Crippen molar-refractivity contribution in [3.63, 3.8) is 0 Å². The number of ether oxygens (including phenoxy) is 1. The average molecular weight is 308 g/mol. The Morgan fingerprint density at radius 1 is 1.33 bits per heavy atom. The van der Waals surface area contributed by atoms with Gasteiger partial charge in [0, 0.05) is 23.7 Å². The van der Waals surface area contributed by atoms with E-state index in [1.807, 2.05) is 31.3 Å². The Morgan fingerprint density at radius 3 is 2.86 bits per heavy atom. The van der Waals surface area contributed by atoms with Gasteiger partial charge in [-0.05, 0) is 44.2 Å². The molecule has 1 aliphatic rings. The Labute approximate surface area is 128 Å². The maximum atomic E-state index is 5.87. The number of rotatable bonds is 5. The van der Waals surface area contributed by atoms with Crippen molar-refractivity contribution in [2.24, 2.45) is 0 Å². The molecule has 0 spiro atoms. The smallest absolute Gasteiger partial charge is 0.257 e. The van der Waals surface area contributed by atoms with Crippen molar-refractivity contribution in [2.45, 2.75) is 25.5 Å². The Balaban J connectivity index is 1.60. The number of hydrogen-bond acceptors (Lipinski definition) is 5. The van der Waals surface area contributed by atoms with Crippen LogP contribution in [0.1, 0.15) is 18.7 Å². The molecular formula is C15H18ClN3O2. The second kappa shape index (κ2) is 6.56. The van der Waals surface area contributed by atoms with E-state index in [0.717, 1.165) is 31.6 Å². The van der Waals surface area contributed by atoms with E-state index >= 15 is 0 Å². The van der Waals surface area contributed by atoms with Crippen LogP contribution in [0, 0.1) is 0 Å². The minimum Gasteiger partial charge on any atom is -0.377 e. The minimum absolute atomic E-state index is 0.331. The van der Waals surface area contributed by atoms with Crippen LogP contribution in [0.15, 0.2) is 28.8 Å². The molecule has 2 heterocycles. The number of halogens is 1. The average Bonchev–Trinajstić information content (AvgIpc) is 3.11. The van der Waals surface area contributed by atoms with Crippen molar-refractivity contribution in [1.82, 2.24) is 15.0 Å². The van der Waals surface area contributed by atoms with Gasteiger partial charge in [-0.25, -0.2) is 0 Å². The molecule has 0 amide bonds. The fourth-order valence-corrected chi connectivity index (χ4v) is 2.60. The molecule has 1 atom stereocenters.